The predicted molar refractivity (Wildman–Crippen MR) is 41.4 cm³/mol. The van der Waals surface area contributed by atoms with Crippen molar-refractivity contribution in [3.05, 3.63) is 24.0 Å². The second kappa shape index (κ2) is 3.89. The van der Waals surface area contributed by atoms with Crippen LogP contribution >= 0.6 is 0 Å². The topological polar surface area (TPSA) is 43.4 Å². The van der Waals surface area contributed by atoms with Crippen molar-refractivity contribution in [1.82, 2.24) is 0 Å². The van der Waals surface area contributed by atoms with Crippen LogP contribution in [0.1, 0.15) is 0 Å². The summed E-state index contributed by atoms with van der Waals surface area (Å²) in [5.74, 6) is -2.64. The number of alkyl halides is 3. The lowest BCUT2D eigenvalue weighted by Crippen LogP contribution is -2.17. The Labute approximate surface area is 86.7 Å². The van der Waals surface area contributed by atoms with E-state index in [1.54, 1.807) is 0 Å². The van der Waals surface area contributed by atoms with Crippen LogP contribution in [-0.4, -0.2) is 14.8 Å². The quantitative estimate of drug-likeness (QED) is 0.607. The first-order chi connectivity index (χ1) is 7.09. The number of benzene rings is 1. The largest absolute Gasteiger partial charge is 0.573 e. The van der Waals surface area contributed by atoms with Crippen molar-refractivity contribution in [2.24, 2.45) is 0 Å². The highest BCUT2D eigenvalue weighted by atomic mass is 32.3. The molecule has 1 rings (SSSR count). The molecule has 0 unspecified atom stereocenters. The Balaban J connectivity index is 3.10. The van der Waals surface area contributed by atoms with Gasteiger partial charge in [0.25, 0.3) is 0 Å². The van der Waals surface area contributed by atoms with Crippen LogP contribution in [0.25, 0.3) is 0 Å². The number of rotatable bonds is 2. The van der Waals surface area contributed by atoms with Crippen molar-refractivity contribution < 1.29 is 34.6 Å². The monoisotopic (exact) mass is 262 g/mol. The second-order valence-corrected chi connectivity index (χ2v) is 3.89. The van der Waals surface area contributed by atoms with Gasteiger partial charge in [0.15, 0.2) is 0 Å². The highest BCUT2D eigenvalue weighted by molar-refractivity contribution is 7.86. The molecule has 0 aliphatic carbocycles. The molecule has 0 amide bonds. The summed E-state index contributed by atoms with van der Waals surface area (Å²) >= 11 is 0. The van der Waals surface area contributed by atoms with Crippen LogP contribution in [-0.2, 0) is 10.2 Å². The third-order valence-electron chi connectivity index (χ3n) is 1.40. The summed E-state index contributed by atoms with van der Waals surface area (Å²) in [5.41, 5.74) is 0. The molecule has 0 radical (unpaired) electrons. The lowest BCUT2D eigenvalue weighted by molar-refractivity contribution is -0.274. The van der Waals surface area contributed by atoms with Crippen molar-refractivity contribution in [2.45, 2.75) is 11.3 Å². The number of hydrogen-bond acceptors (Lipinski definition) is 3. The van der Waals surface area contributed by atoms with Gasteiger partial charge in [-0.25, -0.2) is 4.39 Å². The summed E-state index contributed by atoms with van der Waals surface area (Å²) in [6.07, 6.45) is -5.04. The van der Waals surface area contributed by atoms with Gasteiger partial charge in [0.2, 0.25) is 0 Å². The van der Waals surface area contributed by atoms with Crippen LogP contribution in [0.5, 0.6) is 5.75 Å². The highest BCUT2D eigenvalue weighted by Crippen LogP contribution is 2.26. The first-order valence-corrected chi connectivity index (χ1v) is 4.98. The van der Waals surface area contributed by atoms with Crippen LogP contribution in [0.4, 0.5) is 21.4 Å². The molecule has 0 aliphatic heterocycles. The molecular formula is C7H3F5O3S. The molecule has 0 saturated heterocycles. The molecule has 1 aromatic rings. The summed E-state index contributed by atoms with van der Waals surface area (Å²) in [6, 6.07) is 0.953. The van der Waals surface area contributed by atoms with Crippen molar-refractivity contribution in [3.8, 4) is 5.75 Å². The summed E-state index contributed by atoms with van der Waals surface area (Å²) in [4.78, 5) is -1.35. The predicted octanol–water partition coefficient (Wildman–Crippen LogP) is 2.38. The maximum absolute atomic E-state index is 12.9. The summed E-state index contributed by atoms with van der Waals surface area (Å²) in [7, 11) is -5.31. The third kappa shape index (κ3) is 3.33. The molecule has 9 heteroatoms. The molecule has 0 heterocycles. The summed E-state index contributed by atoms with van der Waals surface area (Å²) in [5, 5.41) is 0. The average Bonchev–Trinajstić information content (AvgIpc) is 1.97. The van der Waals surface area contributed by atoms with E-state index >= 15 is 0 Å². The molecule has 90 valence electrons. The molecule has 0 bridgehead atoms. The minimum absolute atomic E-state index is 0.125. The van der Waals surface area contributed by atoms with E-state index < -0.39 is 33.0 Å². The first kappa shape index (κ1) is 12.7. The first-order valence-electron chi connectivity index (χ1n) is 3.59. The van der Waals surface area contributed by atoms with E-state index in [-0.39, 0.29) is 6.07 Å². The molecule has 16 heavy (non-hydrogen) atoms. The number of ether oxygens (including phenoxy) is 1. The Kier molecular flexibility index (Phi) is 3.08. The van der Waals surface area contributed by atoms with E-state index in [1.165, 1.54) is 0 Å². The molecular weight excluding hydrogens is 259 g/mol. The standard InChI is InChI=1S/C7H3F5O3S/c8-5-3-4(15-7(9,10)11)1-2-6(5)16(12,13)14/h1-3H. The van der Waals surface area contributed by atoms with Gasteiger partial charge in [-0.05, 0) is 12.1 Å². The Hall–Kier alpha value is -1.38. The molecule has 1 aromatic carbocycles. The van der Waals surface area contributed by atoms with Crippen LogP contribution < -0.4 is 4.74 Å². The van der Waals surface area contributed by atoms with E-state index in [4.69, 9.17) is 0 Å². The summed E-state index contributed by atoms with van der Waals surface area (Å²) < 4.78 is 84.0. The molecule has 0 aliphatic rings. The van der Waals surface area contributed by atoms with Crippen molar-refractivity contribution in [3.63, 3.8) is 0 Å². The lowest BCUT2D eigenvalue weighted by atomic mass is 10.3. The van der Waals surface area contributed by atoms with Crippen LogP contribution in [0, 0.1) is 5.82 Å². The average molecular weight is 262 g/mol. The van der Waals surface area contributed by atoms with E-state index in [1.807, 2.05) is 0 Å². The van der Waals surface area contributed by atoms with Crippen LogP contribution in [0.2, 0.25) is 0 Å². The fourth-order valence-electron chi connectivity index (χ4n) is 0.876. The molecule has 3 nitrogen and oxygen atoms in total. The van der Waals surface area contributed by atoms with Gasteiger partial charge in [-0.1, -0.05) is 0 Å². The minimum Gasteiger partial charge on any atom is -0.406 e. The van der Waals surface area contributed by atoms with Crippen molar-refractivity contribution >= 4 is 10.2 Å². The van der Waals surface area contributed by atoms with Gasteiger partial charge in [-0.15, -0.1) is 17.1 Å². The highest BCUT2D eigenvalue weighted by Gasteiger charge is 2.31. The van der Waals surface area contributed by atoms with E-state index in [9.17, 15) is 29.9 Å². The molecule has 0 atom stereocenters. The Bertz CT molecular complexity index is 493. The van der Waals surface area contributed by atoms with Crippen LogP contribution in [0.3, 0.4) is 0 Å². The van der Waals surface area contributed by atoms with Crippen molar-refractivity contribution in [1.29, 1.82) is 0 Å². The third-order valence-corrected chi connectivity index (χ3v) is 2.26. The van der Waals surface area contributed by atoms with Gasteiger partial charge in [-0.2, -0.15) is 8.42 Å². The van der Waals surface area contributed by atoms with Crippen molar-refractivity contribution in [2.75, 3.05) is 0 Å². The molecule has 0 aromatic heterocycles. The van der Waals surface area contributed by atoms with E-state index in [0.29, 0.717) is 12.1 Å². The molecule has 0 fully saturated rings. The number of halogens is 5. The smallest absolute Gasteiger partial charge is 0.406 e. The second-order valence-electron chi connectivity index (χ2n) is 2.58. The molecule has 0 saturated carbocycles. The fraction of sp³-hybridized carbons (Fsp3) is 0.143. The van der Waals surface area contributed by atoms with Gasteiger partial charge >= 0.3 is 16.6 Å². The van der Waals surface area contributed by atoms with Crippen LogP contribution in [0.15, 0.2) is 23.1 Å². The number of hydrogen-bond donors (Lipinski definition) is 0. The summed E-state index contributed by atoms with van der Waals surface area (Å²) in [6.45, 7) is 0. The van der Waals surface area contributed by atoms with Gasteiger partial charge in [0.05, 0.1) is 0 Å². The van der Waals surface area contributed by atoms with E-state index in [0.717, 1.165) is 0 Å². The fourth-order valence-corrected chi connectivity index (χ4v) is 1.40. The minimum atomic E-state index is -5.31. The van der Waals surface area contributed by atoms with E-state index in [2.05, 4.69) is 4.74 Å². The van der Waals surface area contributed by atoms with Gasteiger partial charge < -0.3 is 4.74 Å². The van der Waals surface area contributed by atoms with Gasteiger partial charge in [-0.3, -0.25) is 0 Å². The Morgan fingerprint density at radius 2 is 1.75 bits per heavy atom. The molecule has 0 N–H and O–H groups in total. The Morgan fingerprint density at radius 3 is 2.12 bits per heavy atom. The van der Waals surface area contributed by atoms with Gasteiger partial charge in [0, 0.05) is 6.07 Å². The zero-order valence-electron chi connectivity index (χ0n) is 7.25. The van der Waals surface area contributed by atoms with Gasteiger partial charge in [0.1, 0.15) is 16.5 Å². The molecule has 0 spiro atoms. The zero-order chi connectivity index (χ0) is 12.6. The SMILES string of the molecule is O=S(=O)(F)c1ccc(OC(F)(F)F)cc1F. The lowest BCUT2D eigenvalue weighted by Gasteiger charge is -2.08. The Morgan fingerprint density at radius 1 is 1.19 bits per heavy atom. The zero-order valence-corrected chi connectivity index (χ0v) is 8.07. The normalized spacial score (nSPS) is 12.6. The maximum atomic E-state index is 12.9. The maximum Gasteiger partial charge on any atom is 0.573 e.